The number of carbonyl (C=O) groups is 1. The Kier molecular flexibility index (Phi) is 6.90. The van der Waals surface area contributed by atoms with Gasteiger partial charge in [-0.25, -0.2) is 4.99 Å². The van der Waals surface area contributed by atoms with Gasteiger partial charge in [0.1, 0.15) is 11.5 Å². The summed E-state index contributed by atoms with van der Waals surface area (Å²) in [6.07, 6.45) is 0.973. The molecule has 3 aromatic rings. The molecular weight excluding hydrogens is 478 g/mol. The summed E-state index contributed by atoms with van der Waals surface area (Å²) in [4.78, 5) is 19.4. The number of rotatable bonds is 6. The minimum absolute atomic E-state index is 0. The van der Waals surface area contributed by atoms with Crippen LogP contribution < -0.4 is 14.7 Å². The Balaban J connectivity index is 0.00000324. The first kappa shape index (κ1) is 25.1. The predicted molar refractivity (Wildman–Crippen MR) is 133 cm³/mol. The van der Waals surface area contributed by atoms with Gasteiger partial charge in [0.05, 0.1) is 13.4 Å². The van der Waals surface area contributed by atoms with Crippen LogP contribution in [0.25, 0.3) is 11.1 Å². The average molecular weight is 502 g/mol. The van der Waals surface area contributed by atoms with E-state index in [1.54, 1.807) is 19.2 Å². The summed E-state index contributed by atoms with van der Waals surface area (Å²) >= 11 is 0. The zero-order chi connectivity index (χ0) is 23.8. The van der Waals surface area contributed by atoms with Crippen LogP contribution in [-0.2, 0) is 20.5 Å². The summed E-state index contributed by atoms with van der Waals surface area (Å²) in [5.74, 6) is 0.400. The molecule has 178 valence electrons. The maximum absolute atomic E-state index is 13.4. The number of carbonyl (C=O) groups excluding carboxylic acids is 1. The fourth-order valence-electron chi connectivity index (χ4n) is 3.87. The lowest BCUT2D eigenvalue weighted by Crippen LogP contribution is -2.41. The van der Waals surface area contributed by atoms with Crippen molar-refractivity contribution in [3.8, 4) is 22.6 Å². The molecule has 1 aliphatic rings. The summed E-state index contributed by atoms with van der Waals surface area (Å²) in [7, 11) is -0.654. The highest BCUT2D eigenvalue weighted by Crippen LogP contribution is 2.41. The zero-order valence-corrected chi connectivity index (χ0v) is 20.4. The van der Waals surface area contributed by atoms with E-state index in [0.717, 1.165) is 11.8 Å². The van der Waals surface area contributed by atoms with Gasteiger partial charge in [-0.1, -0.05) is 48.5 Å². The van der Waals surface area contributed by atoms with Gasteiger partial charge in [-0.05, 0) is 40.5 Å². The van der Waals surface area contributed by atoms with Gasteiger partial charge in [-0.3, -0.25) is 9.69 Å². The van der Waals surface area contributed by atoms with E-state index in [0.29, 0.717) is 22.4 Å². The number of guanidine groups is 1. The Labute approximate surface area is 204 Å². The standard InChI is InChI=1S/C24H23N3O5S.ClH/c1-27-22(28)24(26-23(27)25,18-9-5-4-6-10-18)19-11-7-8-16(12-19)17-13-20(31-2)15-21(14-17)32-33(3,29)30;/h4-15H,1-3H3,(H2,25,26);1H/t24-;/m0./s1. The van der Waals surface area contributed by atoms with Crippen molar-refractivity contribution in [2.75, 3.05) is 20.4 Å². The van der Waals surface area contributed by atoms with Crippen molar-refractivity contribution in [1.29, 1.82) is 0 Å². The van der Waals surface area contributed by atoms with Gasteiger partial charge in [0.25, 0.3) is 5.91 Å². The summed E-state index contributed by atoms with van der Waals surface area (Å²) in [5, 5.41) is 0. The van der Waals surface area contributed by atoms with Crippen LogP contribution in [0.4, 0.5) is 0 Å². The molecule has 0 aromatic heterocycles. The molecule has 0 fully saturated rings. The van der Waals surface area contributed by atoms with E-state index >= 15 is 0 Å². The third-order valence-electron chi connectivity index (χ3n) is 5.41. The van der Waals surface area contributed by atoms with Crippen LogP contribution in [0.15, 0.2) is 77.8 Å². The fraction of sp³-hybridized carbons (Fsp3) is 0.167. The van der Waals surface area contributed by atoms with Gasteiger partial charge in [0.2, 0.25) is 0 Å². The Morgan fingerprint density at radius 1 is 0.912 bits per heavy atom. The molecule has 1 amide bonds. The molecule has 0 bridgehead atoms. The SMILES string of the molecule is COc1cc(OS(C)(=O)=O)cc(-c2cccc([C@]3(c4ccccc4)N=C(N)N(C)C3=O)c2)c1.Cl. The Bertz CT molecular complexity index is 1360. The van der Waals surface area contributed by atoms with E-state index < -0.39 is 15.7 Å². The van der Waals surface area contributed by atoms with Crippen molar-refractivity contribution in [2.24, 2.45) is 10.7 Å². The second kappa shape index (κ2) is 9.36. The van der Waals surface area contributed by atoms with E-state index in [1.165, 1.54) is 18.1 Å². The molecule has 0 spiro atoms. The number of halogens is 1. The minimum Gasteiger partial charge on any atom is -0.497 e. The predicted octanol–water partition coefficient (Wildman–Crippen LogP) is 3.15. The van der Waals surface area contributed by atoms with Gasteiger partial charge >= 0.3 is 10.1 Å². The number of hydrogen-bond acceptors (Lipinski definition) is 7. The third kappa shape index (κ3) is 4.57. The minimum atomic E-state index is -3.73. The second-order valence-corrected chi connectivity index (χ2v) is 9.25. The Morgan fingerprint density at radius 2 is 1.56 bits per heavy atom. The van der Waals surface area contributed by atoms with E-state index in [-0.39, 0.29) is 30.0 Å². The number of benzene rings is 3. The lowest BCUT2D eigenvalue weighted by Gasteiger charge is -2.26. The molecule has 0 saturated carbocycles. The highest BCUT2D eigenvalue weighted by molar-refractivity contribution is 7.86. The van der Waals surface area contributed by atoms with Gasteiger partial charge in [-0.2, -0.15) is 8.42 Å². The molecule has 1 aliphatic heterocycles. The molecule has 0 saturated heterocycles. The van der Waals surface area contributed by atoms with E-state index in [9.17, 15) is 13.2 Å². The number of amides is 1. The van der Waals surface area contributed by atoms with Crippen LogP contribution in [-0.4, -0.2) is 45.6 Å². The van der Waals surface area contributed by atoms with Gasteiger partial charge in [0.15, 0.2) is 11.5 Å². The number of methoxy groups -OCH3 is 1. The van der Waals surface area contributed by atoms with Crippen LogP contribution in [0.1, 0.15) is 11.1 Å². The second-order valence-electron chi connectivity index (χ2n) is 7.68. The molecule has 3 aromatic carbocycles. The van der Waals surface area contributed by atoms with Crippen LogP contribution in [0.5, 0.6) is 11.5 Å². The third-order valence-corrected chi connectivity index (χ3v) is 5.90. The number of nitrogens with zero attached hydrogens (tertiary/aromatic N) is 2. The molecule has 8 nitrogen and oxygen atoms in total. The quantitative estimate of drug-likeness (QED) is 0.519. The highest BCUT2D eigenvalue weighted by Gasteiger charge is 2.49. The van der Waals surface area contributed by atoms with Gasteiger partial charge in [-0.15, -0.1) is 12.4 Å². The molecule has 2 N–H and O–H groups in total. The molecule has 34 heavy (non-hydrogen) atoms. The lowest BCUT2D eigenvalue weighted by atomic mass is 9.82. The fourth-order valence-corrected chi connectivity index (χ4v) is 4.31. The van der Waals surface area contributed by atoms with Crippen molar-refractivity contribution in [1.82, 2.24) is 4.90 Å². The maximum Gasteiger partial charge on any atom is 0.306 e. The van der Waals surface area contributed by atoms with Crippen molar-refractivity contribution < 1.29 is 22.1 Å². The van der Waals surface area contributed by atoms with Crippen molar-refractivity contribution in [3.05, 3.63) is 83.9 Å². The lowest BCUT2D eigenvalue weighted by molar-refractivity contribution is -0.129. The first-order chi connectivity index (χ1) is 15.6. The molecular formula is C24H24ClN3O5S. The first-order valence-corrected chi connectivity index (χ1v) is 11.8. The number of aliphatic imine (C=N–C) groups is 1. The topological polar surface area (TPSA) is 111 Å². The van der Waals surface area contributed by atoms with Crippen molar-refractivity contribution >= 4 is 34.4 Å². The zero-order valence-electron chi connectivity index (χ0n) is 18.8. The van der Waals surface area contributed by atoms with E-state index in [4.69, 9.17) is 14.7 Å². The number of nitrogens with two attached hydrogens (primary N) is 1. The summed E-state index contributed by atoms with van der Waals surface area (Å²) < 4.78 is 33.7. The summed E-state index contributed by atoms with van der Waals surface area (Å²) in [5.41, 5.74) is 7.39. The number of ether oxygens (including phenoxy) is 1. The Morgan fingerprint density at radius 3 is 2.15 bits per heavy atom. The van der Waals surface area contributed by atoms with Gasteiger partial charge in [0, 0.05) is 13.1 Å². The summed E-state index contributed by atoms with van der Waals surface area (Å²) in [6, 6.07) is 21.4. The monoisotopic (exact) mass is 501 g/mol. The molecule has 0 unspecified atom stereocenters. The summed E-state index contributed by atoms with van der Waals surface area (Å²) in [6.45, 7) is 0. The van der Waals surface area contributed by atoms with E-state index in [1.807, 2.05) is 54.6 Å². The van der Waals surface area contributed by atoms with Gasteiger partial charge < -0.3 is 14.7 Å². The molecule has 1 atom stereocenters. The largest absolute Gasteiger partial charge is 0.497 e. The van der Waals surface area contributed by atoms with Crippen molar-refractivity contribution in [3.63, 3.8) is 0 Å². The normalized spacial score (nSPS) is 17.7. The van der Waals surface area contributed by atoms with Crippen LogP contribution in [0, 0.1) is 0 Å². The molecule has 10 heteroatoms. The smallest absolute Gasteiger partial charge is 0.306 e. The first-order valence-electron chi connectivity index (χ1n) is 10.0. The van der Waals surface area contributed by atoms with Crippen LogP contribution in [0.2, 0.25) is 0 Å². The molecule has 4 rings (SSSR count). The van der Waals surface area contributed by atoms with E-state index in [2.05, 4.69) is 4.99 Å². The number of hydrogen-bond donors (Lipinski definition) is 1. The maximum atomic E-state index is 13.4. The number of likely N-dealkylation sites (N-methyl/N-ethyl adjacent to an activating group) is 1. The Hall–Kier alpha value is -3.56. The average Bonchev–Trinajstić information content (AvgIpc) is 3.03. The van der Waals surface area contributed by atoms with Crippen molar-refractivity contribution in [2.45, 2.75) is 5.54 Å². The molecule has 0 radical (unpaired) electrons. The van der Waals surface area contributed by atoms with Crippen LogP contribution >= 0.6 is 12.4 Å². The molecule has 1 heterocycles. The highest BCUT2D eigenvalue weighted by atomic mass is 35.5. The van der Waals surface area contributed by atoms with Crippen LogP contribution in [0.3, 0.4) is 0 Å². The molecule has 0 aliphatic carbocycles.